The van der Waals surface area contributed by atoms with Gasteiger partial charge in [-0.3, -0.25) is 0 Å². The van der Waals surface area contributed by atoms with Crippen LogP contribution in [0, 0.1) is 11.3 Å². The lowest BCUT2D eigenvalue weighted by Gasteiger charge is -2.14. The van der Waals surface area contributed by atoms with Gasteiger partial charge in [0, 0.05) is 16.7 Å². The Bertz CT molecular complexity index is 3020. The maximum Gasteiger partial charge on any atom is 0.164 e. The van der Waals surface area contributed by atoms with Crippen LogP contribution < -0.4 is 0 Å². The summed E-state index contributed by atoms with van der Waals surface area (Å²) in [5.41, 5.74) is 5.64. The van der Waals surface area contributed by atoms with E-state index in [1.54, 1.807) is 12.1 Å². The van der Waals surface area contributed by atoms with Crippen molar-refractivity contribution >= 4 is 32.3 Å². The molecule has 8 aromatic carbocycles. The lowest BCUT2D eigenvalue weighted by atomic mass is 9.89. The van der Waals surface area contributed by atoms with Crippen molar-refractivity contribution in [2.75, 3.05) is 0 Å². The minimum atomic E-state index is -0.493. The highest BCUT2D eigenvalue weighted by Crippen LogP contribution is 2.40. The number of benzene rings is 8. The molecular weight excluding hydrogens is 609 g/mol. The first-order valence-corrected chi connectivity index (χ1v) is 16.2. The number of aromatic nitrogens is 3. The molecule has 1 heterocycles. The molecule has 1 aromatic heterocycles. The number of rotatable bonds is 5. The summed E-state index contributed by atoms with van der Waals surface area (Å²) >= 11 is 0. The Morgan fingerprint density at radius 3 is 1.80 bits per heavy atom. The van der Waals surface area contributed by atoms with Gasteiger partial charge in [-0.1, -0.05) is 145 Å². The molecule has 0 spiro atoms. The van der Waals surface area contributed by atoms with Crippen LogP contribution in [-0.2, 0) is 0 Å². The Morgan fingerprint density at radius 1 is 0.420 bits per heavy atom. The highest BCUT2D eigenvalue weighted by atomic mass is 15.0. The van der Waals surface area contributed by atoms with Crippen molar-refractivity contribution in [3.63, 3.8) is 0 Å². The van der Waals surface area contributed by atoms with Crippen LogP contribution in [0.1, 0.15) is 12.4 Å². The summed E-state index contributed by atoms with van der Waals surface area (Å²) in [6.45, 7) is 0. The van der Waals surface area contributed by atoms with E-state index in [0.29, 0.717) is 16.7 Å². The van der Waals surface area contributed by atoms with Crippen molar-refractivity contribution in [3.05, 3.63) is 175 Å². The van der Waals surface area contributed by atoms with Crippen molar-refractivity contribution in [3.8, 4) is 62.5 Å². The zero-order valence-electron chi connectivity index (χ0n) is 31.6. The van der Waals surface area contributed by atoms with Crippen molar-refractivity contribution in [2.24, 2.45) is 0 Å². The van der Waals surface area contributed by atoms with Gasteiger partial charge in [0.25, 0.3) is 0 Å². The van der Waals surface area contributed by atoms with Crippen molar-refractivity contribution in [2.45, 2.75) is 0 Å². The maximum absolute atomic E-state index is 9.28. The van der Waals surface area contributed by atoms with Gasteiger partial charge in [0.05, 0.1) is 18.5 Å². The van der Waals surface area contributed by atoms with Gasteiger partial charge in [0.1, 0.15) is 0 Å². The lowest BCUT2D eigenvalue weighted by molar-refractivity contribution is 1.07. The van der Waals surface area contributed by atoms with Crippen LogP contribution in [0.2, 0.25) is 0 Å². The molecule has 4 heteroatoms. The Labute approximate surface area is 296 Å². The molecule has 0 unspecified atom stereocenters. The summed E-state index contributed by atoms with van der Waals surface area (Å²) in [6.07, 6.45) is 0. The standard InChI is InChI=1S/C46H28N4/c47-29-30-17-19-31(20-18-30)36-13-8-14-38(27-36)46-49-44(34-10-2-1-3-11-34)48-45(50-46)35-23-21-33(22-24-35)43-40-16-7-5-12-37(40)28-42-39-15-6-4-9-32(39)25-26-41(42)43/h1-28H/i1D,2D,3D,10D,11D. The fraction of sp³-hybridized carbons (Fsp3) is 0. The molecule has 0 bridgehead atoms. The molecule has 50 heavy (non-hydrogen) atoms. The molecule has 0 amide bonds. The highest BCUT2D eigenvalue weighted by molar-refractivity contribution is 6.20. The average Bonchev–Trinajstić information content (AvgIpc) is 3.24. The molecule has 0 aliphatic carbocycles. The number of hydrogen-bond acceptors (Lipinski definition) is 4. The number of fused-ring (bicyclic) bond motifs is 4. The normalized spacial score (nSPS) is 12.6. The fourth-order valence-corrected chi connectivity index (χ4v) is 6.60. The van der Waals surface area contributed by atoms with Gasteiger partial charge >= 0.3 is 0 Å². The second kappa shape index (κ2) is 12.2. The summed E-state index contributed by atoms with van der Waals surface area (Å²) < 4.78 is 42.2. The van der Waals surface area contributed by atoms with Crippen LogP contribution in [0.25, 0.3) is 88.7 Å². The van der Waals surface area contributed by atoms with E-state index in [1.165, 1.54) is 16.2 Å². The predicted molar refractivity (Wildman–Crippen MR) is 204 cm³/mol. The van der Waals surface area contributed by atoms with Gasteiger partial charge in [0.15, 0.2) is 17.5 Å². The van der Waals surface area contributed by atoms with Crippen LogP contribution in [0.5, 0.6) is 0 Å². The molecule has 0 atom stereocenters. The molecule has 9 rings (SSSR count). The van der Waals surface area contributed by atoms with E-state index >= 15 is 0 Å². The number of nitriles is 1. The summed E-state index contributed by atoms with van der Waals surface area (Å²) in [7, 11) is 0. The molecule has 0 aliphatic heterocycles. The van der Waals surface area contributed by atoms with Crippen LogP contribution in [0.15, 0.2) is 170 Å². The van der Waals surface area contributed by atoms with E-state index in [-0.39, 0.29) is 23.0 Å². The van der Waals surface area contributed by atoms with Crippen LogP contribution in [0.4, 0.5) is 0 Å². The van der Waals surface area contributed by atoms with E-state index in [4.69, 9.17) is 21.8 Å². The van der Waals surface area contributed by atoms with Crippen molar-refractivity contribution < 1.29 is 6.85 Å². The van der Waals surface area contributed by atoms with E-state index in [2.05, 4.69) is 72.8 Å². The molecule has 0 aliphatic rings. The highest BCUT2D eigenvalue weighted by Gasteiger charge is 2.15. The summed E-state index contributed by atoms with van der Waals surface area (Å²) in [4.78, 5) is 14.4. The van der Waals surface area contributed by atoms with Crippen molar-refractivity contribution in [1.82, 2.24) is 15.0 Å². The molecule has 232 valence electrons. The second-order valence-corrected chi connectivity index (χ2v) is 12.0. The summed E-state index contributed by atoms with van der Waals surface area (Å²) in [5.74, 6) is 0.533. The van der Waals surface area contributed by atoms with Gasteiger partial charge in [-0.15, -0.1) is 0 Å². The summed E-state index contributed by atoms with van der Waals surface area (Å²) in [6, 6.07) is 46.2. The first-order chi connectivity index (χ1) is 26.8. The average molecular weight is 642 g/mol. The molecule has 0 radical (unpaired) electrons. The fourth-order valence-electron chi connectivity index (χ4n) is 6.60. The van der Waals surface area contributed by atoms with Gasteiger partial charge in [0.2, 0.25) is 0 Å². The molecule has 0 saturated heterocycles. The van der Waals surface area contributed by atoms with Crippen LogP contribution in [0.3, 0.4) is 0 Å². The van der Waals surface area contributed by atoms with E-state index in [9.17, 15) is 5.26 Å². The zero-order valence-corrected chi connectivity index (χ0v) is 26.6. The molecule has 9 aromatic rings. The number of nitrogens with zero attached hydrogens (tertiary/aromatic N) is 4. The Morgan fingerprint density at radius 2 is 1.04 bits per heavy atom. The second-order valence-electron chi connectivity index (χ2n) is 12.0. The number of hydrogen-bond donors (Lipinski definition) is 0. The smallest absolute Gasteiger partial charge is 0.164 e. The SMILES string of the molecule is [2H]c1c([2H])c([2H])c(-c2nc(-c3ccc(-c4c5ccccc5cc5c4ccc4ccccc45)cc3)nc(-c3cccc(-c4ccc(C#N)cc4)c3)n2)c([2H])c1[2H]. The van der Waals surface area contributed by atoms with Gasteiger partial charge < -0.3 is 0 Å². The molecule has 0 fully saturated rings. The van der Waals surface area contributed by atoms with Crippen LogP contribution >= 0.6 is 0 Å². The van der Waals surface area contributed by atoms with Crippen molar-refractivity contribution in [1.29, 1.82) is 5.26 Å². The quantitative estimate of drug-likeness (QED) is 0.139. The Balaban J connectivity index is 1.22. The van der Waals surface area contributed by atoms with E-state index in [1.807, 2.05) is 60.7 Å². The third-order valence-corrected chi connectivity index (χ3v) is 9.03. The topological polar surface area (TPSA) is 62.5 Å². The third kappa shape index (κ3) is 5.24. The third-order valence-electron chi connectivity index (χ3n) is 9.03. The molecule has 0 N–H and O–H groups in total. The molecular formula is C46H28N4. The van der Waals surface area contributed by atoms with Crippen LogP contribution in [-0.4, -0.2) is 15.0 Å². The van der Waals surface area contributed by atoms with Gasteiger partial charge in [-0.2, -0.15) is 5.26 Å². The monoisotopic (exact) mass is 641 g/mol. The van der Waals surface area contributed by atoms with Gasteiger partial charge in [-0.25, -0.2) is 15.0 Å². The Kier molecular flexibility index (Phi) is 5.93. The minimum absolute atomic E-state index is 0.0308. The first-order valence-electron chi connectivity index (χ1n) is 18.7. The molecule has 4 nitrogen and oxygen atoms in total. The largest absolute Gasteiger partial charge is 0.208 e. The predicted octanol–water partition coefficient (Wildman–Crippen LogP) is 11.5. The molecule has 0 saturated carbocycles. The zero-order chi connectivity index (χ0) is 37.8. The van der Waals surface area contributed by atoms with E-state index < -0.39 is 30.2 Å². The van der Waals surface area contributed by atoms with E-state index in [0.717, 1.165) is 38.4 Å². The minimum Gasteiger partial charge on any atom is -0.208 e. The summed E-state index contributed by atoms with van der Waals surface area (Å²) in [5, 5.41) is 16.2. The lowest BCUT2D eigenvalue weighted by Crippen LogP contribution is -2.00. The Hall–Kier alpha value is -6.96. The van der Waals surface area contributed by atoms with Gasteiger partial charge in [-0.05, 0) is 78.8 Å². The first kappa shape index (κ1) is 24.2. The maximum atomic E-state index is 9.28.